The maximum absolute atomic E-state index is 12.0. The molecule has 0 aromatic carbocycles. The highest BCUT2D eigenvalue weighted by Crippen LogP contribution is 2.25. The summed E-state index contributed by atoms with van der Waals surface area (Å²) in [5, 5.41) is 14.9. The number of carbonyl (C=O) groups is 2. The number of rotatable bonds is 4. The van der Waals surface area contributed by atoms with Crippen LogP contribution < -0.4 is 10.6 Å². The minimum absolute atomic E-state index is 0.00185. The van der Waals surface area contributed by atoms with Crippen molar-refractivity contribution in [2.45, 2.75) is 43.9 Å². The number of hydrogen-bond donors (Lipinski definition) is 3. The van der Waals surface area contributed by atoms with Crippen molar-refractivity contribution in [1.82, 2.24) is 10.6 Å². The summed E-state index contributed by atoms with van der Waals surface area (Å²) in [6, 6.07) is -0.208. The van der Waals surface area contributed by atoms with Gasteiger partial charge < -0.3 is 20.5 Å². The van der Waals surface area contributed by atoms with Crippen molar-refractivity contribution in [3.8, 4) is 0 Å². The first kappa shape index (κ1) is 13.3. The highest BCUT2D eigenvalue weighted by atomic mass is 16.5. The molecule has 102 valence electrons. The number of ether oxygens (including phenoxy) is 1. The Bertz CT molecular complexity index is 334. The first-order chi connectivity index (χ1) is 8.60. The molecule has 1 aliphatic heterocycles. The molecule has 0 radical (unpaired) electrons. The van der Waals surface area contributed by atoms with Crippen LogP contribution >= 0.6 is 0 Å². The summed E-state index contributed by atoms with van der Waals surface area (Å²) in [6.45, 7) is 0.691. The quantitative estimate of drug-likeness (QED) is 0.644. The molecule has 0 aromatic rings. The normalized spacial score (nSPS) is 35.6. The lowest BCUT2D eigenvalue weighted by atomic mass is 10.1. The zero-order valence-corrected chi connectivity index (χ0v) is 10.5. The third-order valence-corrected chi connectivity index (χ3v) is 3.87. The molecule has 6 nitrogen and oxygen atoms in total. The van der Waals surface area contributed by atoms with Crippen molar-refractivity contribution in [3.05, 3.63) is 0 Å². The van der Waals surface area contributed by atoms with Gasteiger partial charge in [-0.15, -0.1) is 0 Å². The molecule has 0 spiro atoms. The Morgan fingerprint density at radius 3 is 2.67 bits per heavy atom. The van der Waals surface area contributed by atoms with E-state index in [1.54, 1.807) is 7.11 Å². The average molecular weight is 256 g/mol. The Morgan fingerprint density at radius 2 is 2.11 bits per heavy atom. The van der Waals surface area contributed by atoms with Crippen LogP contribution in [0, 0.1) is 5.92 Å². The monoisotopic (exact) mass is 256 g/mol. The van der Waals surface area contributed by atoms with Gasteiger partial charge in [0, 0.05) is 19.7 Å². The smallest absolute Gasteiger partial charge is 0.306 e. The maximum Gasteiger partial charge on any atom is 0.306 e. The van der Waals surface area contributed by atoms with Crippen LogP contribution in [0.4, 0.5) is 0 Å². The van der Waals surface area contributed by atoms with E-state index >= 15 is 0 Å². The van der Waals surface area contributed by atoms with E-state index in [9.17, 15) is 9.59 Å². The van der Waals surface area contributed by atoms with Crippen LogP contribution in [0.3, 0.4) is 0 Å². The molecule has 0 bridgehead atoms. The van der Waals surface area contributed by atoms with Gasteiger partial charge in [-0.3, -0.25) is 9.59 Å². The summed E-state index contributed by atoms with van der Waals surface area (Å²) < 4.78 is 5.19. The molecule has 1 saturated heterocycles. The molecule has 1 heterocycles. The predicted molar refractivity (Wildman–Crippen MR) is 64.1 cm³/mol. The standard InChI is InChI=1S/C12H20N2O4/c1-18-9-5-10(13-6-9)11(15)14-8-3-2-7(4-8)12(16)17/h7-10,13H,2-6H2,1H3,(H,14,15)(H,16,17). The van der Waals surface area contributed by atoms with Gasteiger partial charge in [0.05, 0.1) is 18.1 Å². The highest BCUT2D eigenvalue weighted by Gasteiger charge is 2.34. The number of aliphatic carboxylic acids is 1. The van der Waals surface area contributed by atoms with Crippen LogP contribution in [0.2, 0.25) is 0 Å². The molecule has 1 saturated carbocycles. The lowest BCUT2D eigenvalue weighted by Gasteiger charge is -2.16. The Morgan fingerprint density at radius 1 is 1.33 bits per heavy atom. The molecule has 1 amide bonds. The van der Waals surface area contributed by atoms with Crippen LogP contribution in [0.5, 0.6) is 0 Å². The number of amides is 1. The molecule has 1 aliphatic carbocycles. The van der Waals surface area contributed by atoms with Crippen LogP contribution in [0.15, 0.2) is 0 Å². The lowest BCUT2D eigenvalue weighted by molar-refractivity contribution is -0.141. The number of carboxylic acid groups (broad SMARTS) is 1. The van der Waals surface area contributed by atoms with Gasteiger partial charge >= 0.3 is 5.97 Å². The van der Waals surface area contributed by atoms with Crippen molar-refractivity contribution in [3.63, 3.8) is 0 Å². The molecular formula is C12H20N2O4. The largest absolute Gasteiger partial charge is 0.481 e. The van der Waals surface area contributed by atoms with Crippen molar-refractivity contribution >= 4 is 11.9 Å². The molecule has 2 aliphatic rings. The summed E-state index contributed by atoms with van der Waals surface area (Å²) >= 11 is 0. The summed E-state index contributed by atoms with van der Waals surface area (Å²) in [5.74, 6) is -1.10. The van der Waals surface area contributed by atoms with E-state index in [4.69, 9.17) is 9.84 Å². The van der Waals surface area contributed by atoms with Gasteiger partial charge in [0.2, 0.25) is 5.91 Å². The van der Waals surface area contributed by atoms with E-state index in [2.05, 4.69) is 10.6 Å². The first-order valence-electron chi connectivity index (χ1n) is 6.39. The number of hydrogen-bond acceptors (Lipinski definition) is 4. The third kappa shape index (κ3) is 3.00. The lowest BCUT2D eigenvalue weighted by Crippen LogP contribution is -2.44. The molecule has 3 N–H and O–H groups in total. The molecule has 2 fully saturated rings. The van der Waals surface area contributed by atoms with Crippen LogP contribution in [0.1, 0.15) is 25.7 Å². The van der Waals surface area contributed by atoms with Crippen molar-refractivity contribution < 1.29 is 19.4 Å². The van der Waals surface area contributed by atoms with E-state index in [1.807, 2.05) is 0 Å². The van der Waals surface area contributed by atoms with Crippen LogP contribution in [0.25, 0.3) is 0 Å². The van der Waals surface area contributed by atoms with E-state index in [1.165, 1.54) is 0 Å². The van der Waals surface area contributed by atoms with Crippen molar-refractivity contribution in [2.75, 3.05) is 13.7 Å². The second-order valence-corrected chi connectivity index (χ2v) is 5.11. The Labute approximate surface area is 106 Å². The summed E-state index contributed by atoms with van der Waals surface area (Å²) in [7, 11) is 1.64. The molecule has 4 atom stereocenters. The molecule has 6 heteroatoms. The highest BCUT2D eigenvalue weighted by molar-refractivity contribution is 5.82. The SMILES string of the molecule is COC1CNC(C(=O)NC2CCC(C(=O)O)C2)C1. The number of methoxy groups -OCH3 is 1. The molecule has 2 rings (SSSR count). The molecule has 18 heavy (non-hydrogen) atoms. The topological polar surface area (TPSA) is 87.7 Å². The Hall–Kier alpha value is -1.14. The fourth-order valence-electron chi connectivity index (χ4n) is 2.72. The number of nitrogens with one attached hydrogen (secondary N) is 2. The summed E-state index contributed by atoms with van der Waals surface area (Å²) in [5.41, 5.74) is 0. The number of carbonyl (C=O) groups excluding carboxylic acids is 1. The summed E-state index contributed by atoms with van der Waals surface area (Å²) in [6.07, 6.45) is 2.72. The zero-order chi connectivity index (χ0) is 13.1. The van der Waals surface area contributed by atoms with Crippen LogP contribution in [-0.4, -0.2) is 48.8 Å². The molecule has 4 unspecified atom stereocenters. The van der Waals surface area contributed by atoms with E-state index < -0.39 is 5.97 Å². The molecule has 0 aromatic heterocycles. The van der Waals surface area contributed by atoms with E-state index in [0.29, 0.717) is 25.8 Å². The van der Waals surface area contributed by atoms with Crippen molar-refractivity contribution in [1.29, 1.82) is 0 Å². The van der Waals surface area contributed by atoms with E-state index in [-0.39, 0.29) is 30.0 Å². The second kappa shape index (κ2) is 5.67. The average Bonchev–Trinajstić information content (AvgIpc) is 2.96. The fraction of sp³-hybridized carbons (Fsp3) is 0.833. The van der Waals surface area contributed by atoms with Gasteiger partial charge in [-0.2, -0.15) is 0 Å². The second-order valence-electron chi connectivity index (χ2n) is 5.11. The summed E-state index contributed by atoms with van der Waals surface area (Å²) in [4.78, 5) is 22.8. The van der Waals surface area contributed by atoms with Gasteiger partial charge in [-0.1, -0.05) is 0 Å². The van der Waals surface area contributed by atoms with Crippen LogP contribution in [-0.2, 0) is 14.3 Å². The van der Waals surface area contributed by atoms with Gasteiger partial charge in [0.15, 0.2) is 0 Å². The van der Waals surface area contributed by atoms with Gasteiger partial charge in [-0.05, 0) is 25.7 Å². The predicted octanol–water partition coefficient (Wildman–Crippen LogP) is -0.267. The van der Waals surface area contributed by atoms with Crippen molar-refractivity contribution in [2.24, 2.45) is 5.92 Å². The molecular weight excluding hydrogens is 236 g/mol. The first-order valence-corrected chi connectivity index (χ1v) is 6.39. The van der Waals surface area contributed by atoms with Gasteiger partial charge in [-0.25, -0.2) is 0 Å². The van der Waals surface area contributed by atoms with Gasteiger partial charge in [0.25, 0.3) is 0 Å². The zero-order valence-electron chi connectivity index (χ0n) is 10.5. The minimum Gasteiger partial charge on any atom is -0.481 e. The minimum atomic E-state index is -0.759. The Balaban J connectivity index is 1.77. The van der Waals surface area contributed by atoms with E-state index in [0.717, 1.165) is 6.42 Å². The third-order valence-electron chi connectivity index (χ3n) is 3.87. The van der Waals surface area contributed by atoms with Gasteiger partial charge in [0.1, 0.15) is 0 Å². The Kier molecular flexibility index (Phi) is 4.19. The number of carboxylic acids is 1. The fourth-order valence-corrected chi connectivity index (χ4v) is 2.72. The maximum atomic E-state index is 12.0.